The molecule has 0 saturated carbocycles. The zero-order valence-electron chi connectivity index (χ0n) is 9.20. The molecule has 1 aromatic rings. The maximum absolute atomic E-state index is 12.3. The Labute approximate surface area is 96.2 Å². The van der Waals surface area contributed by atoms with E-state index in [1.807, 2.05) is 0 Å². The van der Waals surface area contributed by atoms with Crippen LogP contribution in [-0.4, -0.2) is 29.6 Å². The molecule has 2 N–H and O–H groups in total. The highest BCUT2D eigenvalue weighted by molar-refractivity contribution is 5.81. The van der Waals surface area contributed by atoms with Gasteiger partial charge in [0.05, 0.1) is 18.8 Å². The van der Waals surface area contributed by atoms with Gasteiger partial charge in [0.1, 0.15) is 12.3 Å². The highest BCUT2D eigenvalue weighted by Gasteiger charge is 2.34. The fourth-order valence-corrected chi connectivity index (χ4v) is 1.31. The van der Waals surface area contributed by atoms with Crippen molar-refractivity contribution in [3.8, 4) is 0 Å². The number of hydrogen-bond donors (Lipinski definition) is 1. The number of carbonyl (C=O) groups excluding carboxylic acids is 1. The van der Waals surface area contributed by atoms with Gasteiger partial charge in [-0.2, -0.15) is 13.2 Å². The lowest BCUT2D eigenvalue weighted by atomic mass is 10.3. The summed E-state index contributed by atoms with van der Waals surface area (Å²) in [5.74, 6) is -0.484. The van der Waals surface area contributed by atoms with Crippen LogP contribution in [0.15, 0.2) is 22.8 Å². The molecule has 1 heterocycles. The van der Waals surface area contributed by atoms with E-state index >= 15 is 0 Å². The van der Waals surface area contributed by atoms with Crippen molar-refractivity contribution in [3.05, 3.63) is 24.2 Å². The Hall–Kier alpha value is -1.50. The van der Waals surface area contributed by atoms with Crippen LogP contribution in [0, 0.1) is 0 Å². The molecule has 0 saturated heterocycles. The summed E-state index contributed by atoms with van der Waals surface area (Å²) < 4.78 is 41.8. The lowest BCUT2D eigenvalue weighted by Crippen LogP contribution is -2.45. The zero-order chi connectivity index (χ0) is 13.1. The number of halogens is 3. The van der Waals surface area contributed by atoms with Gasteiger partial charge < -0.3 is 15.1 Å². The predicted molar refractivity (Wildman–Crippen MR) is 53.8 cm³/mol. The summed E-state index contributed by atoms with van der Waals surface area (Å²) in [6.07, 6.45) is -3.13. The third-order valence-corrected chi connectivity index (χ3v) is 2.00. The number of hydrogen-bond acceptors (Lipinski definition) is 3. The molecule has 0 aliphatic carbocycles. The molecule has 0 spiro atoms. The first-order valence-corrected chi connectivity index (χ1v) is 4.93. The average Bonchev–Trinajstić information content (AvgIpc) is 2.66. The minimum absolute atomic E-state index is 0.243. The molecule has 0 radical (unpaired) electrons. The standard InChI is InChI=1S/C10H13F3N2O2/c1-7(14)9(16)15(6-10(11,12)13)5-8-3-2-4-17-8/h2-4,7H,5-6,14H2,1H3. The van der Waals surface area contributed by atoms with Crippen molar-refractivity contribution in [2.24, 2.45) is 5.73 Å². The molecule has 0 fully saturated rings. The van der Waals surface area contributed by atoms with Crippen LogP contribution < -0.4 is 5.73 Å². The Morgan fingerprint density at radius 2 is 2.24 bits per heavy atom. The van der Waals surface area contributed by atoms with Crippen LogP contribution in [-0.2, 0) is 11.3 Å². The fourth-order valence-electron chi connectivity index (χ4n) is 1.31. The van der Waals surface area contributed by atoms with Gasteiger partial charge in [-0.1, -0.05) is 0 Å². The fraction of sp³-hybridized carbons (Fsp3) is 0.500. The summed E-state index contributed by atoms with van der Waals surface area (Å²) >= 11 is 0. The Morgan fingerprint density at radius 1 is 1.59 bits per heavy atom. The Balaban J connectivity index is 2.75. The smallest absolute Gasteiger partial charge is 0.406 e. The van der Waals surface area contributed by atoms with Crippen LogP contribution in [0.25, 0.3) is 0 Å². The Morgan fingerprint density at radius 3 is 2.65 bits per heavy atom. The number of furan rings is 1. The van der Waals surface area contributed by atoms with Gasteiger partial charge in [-0.15, -0.1) is 0 Å². The van der Waals surface area contributed by atoms with Gasteiger partial charge in [-0.25, -0.2) is 0 Å². The molecule has 1 amide bonds. The number of amides is 1. The number of carbonyl (C=O) groups is 1. The van der Waals surface area contributed by atoms with Gasteiger partial charge in [0.2, 0.25) is 5.91 Å². The van der Waals surface area contributed by atoms with Crippen LogP contribution in [0.3, 0.4) is 0 Å². The van der Waals surface area contributed by atoms with Crippen LogP contribution in [0.2, 0.25) is 0 Å². The summed E-state index contributed by atoms with van der Waals surface area (Å²) in [5.41, 5.74) is 5.30. The van der Waals surface area contributed by atoms with E-state index in [0.29, 0.717) is 4.90 Å². The first-order chi connectivity index (χ1) is 7.79. The van der Waals surface area contributed by atoms with E-state index in [2.05, 4.69) is 0 Å². The Bertz CT molecular complexity index is 360. The van der Waals surface area contributed by atoms with E-state index in [9.17, 15) is 18.0 Å². The van der Waals surface area contributed by atoms with Gasteiger partial charge >= 0.3 is 6.18 Å². The molecule has 0 aromatic carbocycles. The zero-order valence-corrected chi connectivity index (χ0v) is 9.20. The van der Waals surface area contributed by atoms with Crippen molar-refractivity contribution >= 4 is 5.91 Å². The van der Waals surface area contributed by atoms with Crippen LogP contribution >= 0.6 is 0 Å². The van der Waals surface area contributed by atoms with Crippen LogP contribution in [0.1, 0.15) is 12.7 Å². The third kappa shape index (κ3) is 4.48. The van der Waals surface area contributed by atoms with E-state index in [4.69, 9.17) is 10.2 Å². The molecule has 4 nitrogen and oxygen atoms in total. The maximum Gasteiger partial charge on any atom is 0.406 e. The molecule has 1 unspecified atom stereocenters. The molecule has 1 atom stereocenters. The second kappa shape index (κ2) is 5.22. The average molecular weight is 250 g/mol. The molecule has 1 rings (SSSR count). The lowest BCUT2D eigenvalue weighted by molar-refractivity contribution is -0.163. The lowest BCUT2D eigenvalue weighted by Gasteiger charge is -2.24. The number of nitrogens with two attached hydrogens (primary N) is 1. The van der Waals surface area contributed by atoms with Crippen LogP contribution in [0.5, 0.6) is 0 Å². The second-order valence-electron chi connectivity index (χ2n) is 3.68. The molecule has 0 aliphatic rings. The molecular weight excluding hydrogens is 237 g/mol. The van der Waals surface area contributed by atoms with E-state index in [1.54, 1.807) is 0 Å². The minimum Gasteiger partial charge on any atom is -0.467 e. The quantitative estimate of drug-likeness (QED) is 0.881. The number of alkyl halides is 3. The summed E-state index contributed by atoms with van der Waals surface area (Å²) in [6.45, 7) is -0.241. The van der Waals surface area contributed by atoms with Gasteiger partial charge in [-0.3, -0.25) is 4.79 Å². The van der Waals surface area contributed by atoms with E-state index in [1.165, 1.54) is 25.3 Å². The van der Waals surface area contributed by atoms with Crippen molar-refractivity contribution in [2.75, 3.05) is 6.54 Å². The molecule has 0 bridgehead atoms. The van der Waals surface area contributed by atoms with Crippen LogP contribution in [0.4, 0.5) is 13.2 Å². The highest BCUT2D eigenvalue weighted by Crippen LogP contribution is 2.18. The number of nitrogens with zero attached hydrogens (tertiary/aromatic N) is 1. The summed E-state index contributed by atoms with van der Waals surface area (Å²) in [6, 6.07) is 2.06. The summed E-state index contributed by atoms with van der Waals surface area (Å²) in [5, 5.41) is 0. The molecule has 0 aliphatic heterocycles. The second-order valence-corrected chi connectivity index (χ2v) is 3.68. The summed E-state index contributed by atoms with van der Waals surface area (Å²) in [7, 11) is 0. The largest absolute Gasteiger partial charge is 0.467 e. The van der Waals surface area contributed by atoms with Gasteiger partial charge in [0.15, 0.2) is 0 Å². The molecule has 1 aromatic heterocycles. The SMILES string of the molecule is CC(N)C(=O)N(Cc1ccco1)CC(F)(F)F. The van der Waals surface area contributed by atoms with Crippen molar-refractivity contribution in [2.45, 2.75) is 25.7 Å². The Kier molecular flexibility index (Phi) is 4.17. The predicted octanol–water partition coefficient (Wildman–Crippen LogP) is 1.52. The molecular formula is C10H13F3N2O2. The van der Waals surface area contributed by atoms with Crippen molar-refractivity contribution in [1.82, 2.24) is 4.90 Å². The topological polar surface area (TPSA) is 59.5 Å². The highest BCUT2D eigenvalue weighted by atomic mass is 19.4. The molecule has 7 heteroatoms. The summed E-state index contributed by atoms with van der Waals surface area (Å²) in [4.78, 5) is 12.1. The first kappa shape index (κ1) is 13.6. The van der Waals surface area contributed by atoms with Crippen molar-refractivity contribution < 1.29 is 22.4 Å². The molecule has 17 heavy (non-hydrogen) atoms. The van der Waals surface area contributed by atoms with Crippen molar-refractivity contribution in [1.29, 1.82) is 0 Å². The van der Waals surface area contributed by atoms with E-state index < -0.39 is 24.7 Å². The minimum atomic E-state index is -4.46. The van der Waals surface area contributed by atoms with E-state index in [0.717, 1.165) is 0 Å². The van der Waals surface area contributed by atoms with Crippen molar-refractivity contribution in [3.63, 3.8) is 0 Å². The van der Waals surface area contributed by atoms with Gasteiger partial charge in [0.25, 0.3) is 0 Å². The van der Waals surface area contributed by atoms with E-state index in [-0.39, 0.29) is 12.3 Å². The normalized spacial score (nSPS) is 13.5. The number of rotatable bonds is 4. The monoisotopic (exact) mass is 250 g/mol. The van der Waals surface area contributed by atoms with Gasteiger partial charge in [-0.05, 0) is 19.1 Å². The molecule has 96 valence electrons. The maximum atomic E-state index is 12.3. The van der Waals surface area contributed by atoms with Gasteiger partial charge in [0, 0.05) is 0 Å². The third-order valence-electron chi connectivity index (χ3n) is 2.00. The first-order valence-electron chi connectivity index (χ1n) is 4.93.